The number of benzene rings is 3. The SMILES string of the molecule is CSc1cc2c(cc1-c1cccc(C(=O)O)c1)SN1C[C@@H](C(F)(F)F)C[C@H]1CN2c1ccccc1. The van der Waals surface area contributed by atoms with Gasteiger partial charge in [-0.15, -0.1) is 11.8 Å². The number of fused-ring (bicyclic) bond motifs is 2. The standard InChI is InChI=1S/C26H23F3N2O2S2/c1-34-23-13-22-24(12-21(23)16-6-5-7-17(10-16)25(32)33)35-31-14-18(26(27,28)29)11-20(31)15-30(22)19-8-3-2-4-9-19/h2-10,12-13,18,20H,11,14-15H2,1H3,(H,32,33)/t18-,20-/m0/s1. The van der Waals surface area contributed by atoms with E-state index >= 15 is 0 Å². The summed E-state index contributed by atoms with van der Waals surface area (Å²) in [5.41, 5.74) is 3.70. The second-order valence-electron chi connectivity index (χ2n) is 8.67. The number of nitrogens with zero attached hydrogens (tertiary/aromatic N) is 2. The van der Waals surface area contributed by atoms with Crippen molar-refractivity contribution in [1.82, 2.24) is 4.31 Å². The molecule has 1 fully saturated rings. The van der Waals surface area contributed by atoms with E-state index in [9.17, 15) is 23.1 Å². The van der Waals surface area contributed by atoms with E-state index in [0.29, 0.717) is 6.54 Å². The zero-order chi connectivity index (χ0) is 24.7. The number of hydrogen-bond acceptors (Lipinski definition) is 5. The summed E-state index contributed by atoms with van der Waals surface area (Å²) in [7, 11) is 0. The Morgan fingerprint density at radius 2 is 1.83 bits per heavy atom. The maximum atomic E-state index is 13.6. The van der Waals surface area contributed by atoms with Crippen molar-refractivity contribution in [3.63, 3.8) is 0 Å². The lowest BCUT2D eigenvalue weighted by molar-refractivity contribution is -0.169. The second-order valence-corrected chi connectivity index (χ2v) is 10.6. The summed E-state index contributed by atoms with van der Waals surface area (Å²) in [6, 6.07) is 20.3. The number of carbonyl (C=O) groups is 1. The number of para-hydroxylation sites is 1. The number of carboxylic acid groups (broad SMARTS) is 1. The summed E-state index contributed by atoms with van der Waals surface area (Å²) < 4.78 is 42.7. The molecular formula is C26H23F3N2O2S2. The fraction of sp³-hybridized carbons (Fsp3) is 0.269. The molecule has 0 unspecified atom stereocenters. The van der Waals surface area contributed by atoms with Gasteiger partial charge >= 0.3 is 12.1 Å². The molecule has 3 aromatic carbocycles. The first-order chi connectivity index (χ1) is 16.7. The normalized spacial score (nSPS) is 20.3. The van der Waals surface area contributed by atoms with Crippen LogP contribution in [0.4, 0.5) is 24.5 Å². The number of hydrogen-bond donors (Lipinski definition) is 1. The van der Waals surface area contributed by atoms with Gasteiger partial charge in [0.2, 0.25) is 0 Å². The fourth-order valence-electron chi connectivity index (χ4n) is 4.74. The van der Waals surface area contributed by atoms with Crippen LogP contribution < -0.4 is 4.90 Å². The monoisotopic (exact) mass is 516 g/mol. The summed E-state index contributed by atoms with van der Waals surface area (Å²) in [5, 5.41) is 9.45. The molecule has 0 bridgehead atoms. The van der Waals surface area contributed by atoms with Crippen molar-refractivity contribution in [3.05, 3.63) is 72.3 Å². The molecule has 2 aliphatic heterocycles. The Morgan fingerprint density at radius 3 is 2.51 bits per heavy atom. The first kappa shape index (κ1) is 24.1. The van der Waals surface area contributed by atoms with Crippen molar-refractivity contribution < 1.29 is 23.1 Å². The number of rotatable bonds is 4. The van der Waals surface area contributed by atoms with Crippen LogP contribution in [-0.2, 0) is 0 Å². The number of halogens is 3. The Kier molecular flexibility index (Phi) is 6.50. The molecule has 9 heteroatoms. The van der Waals surface area contributed by atoms with Crippen molar-refractivity contribution >= 4 is 41.1 Å². The van der Waals surface area contributed by atoms with Gasteiger partial charge in [0.25, 0.3) is 0 Å². The van der Waals surface area contributed by atoms with Gasteiger partial charge in [0.1, 0.15) is 0 Å². The molecule has 0 radical (unpaired) electrons. The molecule has 0 amide bonds. The van der Waals surface area contributed by atoms with E-state index in [2.05, 4.69) is 11.0 Å². The third kappa shape index (κ3) is 4.77. The maximum absolute atomic E-state index is 13.6. The minimum Gasteiger partial charge on any atom is -0.478 e. The van der Waals surface area contributed by atoms with Crippen LogP contribution in [0.5, 0.6) is 0 Å². The lowest BCUT2D eigenvalue weighted by Gasteiger charge is -2.28. The topological polar surface area (TPSA) is 43.8 Å². The highest BCUT2D eigenvalue weighted by Gasteiger charge is 2.49. The van der Waals surface area contributed by atoms with Crippen LogP contribution in [0.15, 0.2) is 76.5 Å². The van der Waals surface area contributed by atoms with E-state index in [1.807, 2.05) is 53.0 Å². The van der Waals surface area contributed by atoms with Gasteiger partial charge in [0.05, 0.1) is 17.2 Å². The van der Waals surface area contributed by atoms with Crippen molar-refractivity contribution in [2.45, 2.75) is 28.4 Å². The zero-order valence-corrected chi connectivity index (χ0v) is 20.5. The Morgan fingerprint density at radius 1 is 1.06 bits per heavy atom. The number of carboxylic acids is 1. The summed E-state index contributed by atoms with van der Waals surface area (Å²) in [6.07, 6.45) is -2.19. The Balaban J connectivity index is 1.64. The molecule has 2 heterocycles. The van der Waals surface area contributed by atoms with Gasteiger partial charge in [0, 0.05) is 34.6 Å². The molecule has 35 heavy (non-hydrogen) atoms. The minimum atomic E-state index is -4.22. The van der Waals surface area contributed by atoms with E-state index in [1.54, 1.807) is 30.0 Å². The minimum absolute atomic E-state index is 0.0466. The molecule has 0 aliphatic carbocycles. The number of anilines is 2. The van der Waals surface area contributed by atoms with Crippen LogP contribution in [0.2, 0.25) is 0 Å². The Bertz CT molecular complexity index is 1250. The molecule has 5 rings (SSSR count). The fourth-order valence-corrected chi connectivity index (χ4v) is 6.61. The molecule has 2 atom stereocenters. The molecule has 2 aliphatic rings. The van der Waals surface area contributed by atoms with Gasteiger partial charge in [-0.05, 0) is 72.1 Å². The highest BCUT2D eigenvalue weighted by molar-refractivity contribution is 7.98. The van der Waals surface area contributed by atoms with Crippen molar-refractivity contribution in [2.75, 3.05) is 24.2 Å². The number of alkyl halides is 3. The maximum Gasteiger partial charge on any atom is 0.393 e. The van der Waals surface area contributed by atoms with Gasteiger partial charge in [0.15, 0.2) is 0 Å². The summed E-state index contributed by atoms with van der Waals surface area (Å²) >= 11 is 2.93. The van der Waals surface area contributed by atoms with E-state index in [-0.39, 0.29) is 24.6 Å². The van der Waals surface area contributed by atoms with Gasteiger partial charge < -0.3 is 10.0 Å². The molecule has 0 aromatic heterocycles. The van der Waals surface area contributed by atoms with Crippen molar-refractivity contribution in [3.8, 4) is 11.1 Å². The predicted octanol–water partition coefficient (Wildman–Crippen LogP) is 7.19. The predicted molar refractivity (Wildman–Crippen MR) is 135 cm³/mol. The lowest BCUT2D eigenvalue weighted by atomic mass is 10.0. The third-order valence-corrected chi connectivity index (χ3v) is 8.48. The van der Waals surface area contributed by atoms with Crippen LogP contribution in [0.25, 0.3) is 11.1 Å². The lowest BCUT2D eigenvalue weighted by Crippen LogP contribution is -2.32. The van der Waals surface area contributed by atoms with Crippen LogP contribution in [0, 0.1) is 5.92 Å². The molecular weight excluding hydrogens is 493 g/mol. The molecule has 0 spiro atoms. The van der Waals surface area contributed by atoms with E-state index in [0.717, 1.165) is 32.3 Å². The Hall–Kier alpha value is -2.62. The van der Waals surface area contributed by atoms with Gasteiger partial charge in [-0.25, -0.2) is 9.10 Å². The molecule has 182 valence electrons. The van der Waals surface area contributed by atoms with E-state index < -0.39 is 18.1 Å². The second kappa shape index (κ2) is 9.44. The van der Waals surface area contributed by atoms with Crippen molar-refractivity contribution in [2.24, 2.45) is 5.92 Å². The zero-order valence-electron chi connectivity index (χ0n) is 18.8. The molecule has 3 aromatic rings. The van der Waals surface area contributed by atoms with Gasteiger partial charge in [-0.2, -0.15) is 13.2 Å². The summed E-state index contributed by atoms with van der Waals surface area (Å²) in [4.78, 5) is 15.5. The highest BCUT2D eigenvalue weighted by atomic mass is 32.2. The van der Waals surface area contributed by atoms with Crippen LogP contribution in [-0.4, -0.2) is 46.9 Å². The third-order valence-electron chi connectivity index (χ3n) is 6.50. The average Bonchev–Trinajstić information content (AvgIpc) is 3.19. The van der Waals surface area contributed by atoms with E-state index in [4.69, 9.17) is 0 Å². The molecule has 4 nitrogen and oxygen atoms in total. The summed E-state index contributed by atoms with van der Waals surface area (Å²) in [6.45, 7) is 0.410. The first-order valence-corrected chi connectivity index (χ1v) is 13.1. The van der Waals surface area contributed by atoms with Gasteiger partial charge in [-0.3, -0.25) is 0 Å². The van der Waals surface area contributed by atoms with Gasteiger partial charge in [-0.1, -0.05) is 30.3 Å². The highest BCUT2D eigenvalue weighted by Crippen LogP contribution is 2.50. The summed E-state index contributed by atoms with van der Waals surface area (Å²) in [5.74, 6) is -2.36. The average molecular weight is 517 g/mol. The largest absolute Gasteiger partial charge is 0.478 e. The molecule has 1 saturated heterocycles. The number of thioether (sulfide) groups is 1. The molecule has 1 N–H and O–H groups in total. The quantitative estimate of drug-likeness (QED) is 0.293. The van der Waals surface area contributed by atoms with Crippen LogP contribution >= 0.6 is 23.7 Å². The smallest absolute Gasteiger partial charge is 0.393 e. The van der Waals surface area contributed by atoms with Crippen LogP contribution in [0.3, 0.4) is 0 Å². The first-order valence-electron chi connectivity index (χ1n) is 11.1. The van der Waals surface area contributed by atoms with Crippen molar-refractivity contribution in [1.29, 1.82) is 0 Å². The number of aromatic carboxylic acids is 1. The van der Waals surface area contributed by atoms with E-state index in [1.165, 1.54) is 11.9 Å². The Labute approximate surface area is 210 Å². The van der Waals surface area contributed by atoms with Crippen LogP contribution in [0.1, 0.15) is 16.8 Å². The molecule has 0 saturated carbocycles.